The fourth-order valence-corrected chi connectivity index (χ4v) is 4.65. The van der Waals surface area contributed by atoms with Gasteiger partial charge in [-0.05, 0) is 30.1 Å². The van der Waals surface area contributed by atoms with Crippen LogP contribution >= 0.6 is 11.3 Å². The van der Waals surface area contributed by atoms with Gasteiger partial charge >= 0.3 is 6.18 Å². The van der Waals surface area contributed by atoms with Crippen molar-refractivity contribution < 1.29 is 18.0 Å². The number of carbonyl (C=O) groups excluding carboxylic acids is 1. The number of piperidine rings is 1. The summed E-state index contributed by atoms with van der Waals surface area (Å²) in [5, 5.41) is 6.93. The van der Waals surface area contributed by atoms with Crippen LogP contribution in [0.1, 0.15) is 24.1 Å². The minimum absolute atomic E-state index is 0.0620. The Bertz CT molecular complexity index is 1060. The third-order valence-electron chi connectivity index (χ3n) is 5.53. The number of aromatic nitrogens is 1. The molecule has 32 heavy (non-hydrogen) atoms. The third kappa shape index (κ3) is 5.50. The van der Waals surface area contributed by atoms with Gasteiger partial charge in [-0.3, -0.25) is 4.79 Å². The Morgan fingerprint density at radius 3 is 3.00 bits per heavy atom. The van der Waals surface area contributed by atoms with E-state index in [0.29, 0.717) is 30.9 Å². The summed E-state index contributed by atoms with van der Waals surface area (Å²) in [6.45, 7) is 0.430. The van der Waals surface area contributed by atoms with Gasteiger partial charge in [0, 0.05) is 31.1 Å². The zero-order valence-electron chi connectivity index (χ0n) is 17.2. The molecule has 1 aromatic heterocycles. The number of rotatable bonds is 6. The summed E-state index contributed by atoms with van der Waals surface area (Å²) in [4.78, 5) is 17.0. The van der Waals surface area contributed by atoms with Crippen molar-refractivity contribution in [3.05, 3.63) is 53.1 Å². The first-order valence-electron chi connectivity index (χ1n) is 10.4. The van der Waals surface area contributed by atoms with Gasteiger partial charge in [-0.2, -0.15) is 13.2 Å². The number of hydrogen-bond donors (Lipinski definition) is 3. The Hall–Kier alpha value is -2.83. The molecule has 0 aromatic carbocycles. The van der Waals surface area contributed by atoms with E-state index in [-0.39, 0.29) is 18.0 Å². The van der Waals surface area contributed by atoms with Gasteiger partial charge in [0.05, 0.1) is 10.9 Å². The molecule has 1 fully saturated rings. The second-order valence-corrected chi connectivity index (χ2v) is 9.07. The van der Waals surface area contributed by atoms with Gasteiger partial charge in [0.2, 0.25) is 5.91 Å². The fourth-order valence-electron chi connectivity index (χ4n) is 3.82. The van der Waals surface area contributed by atoms with E-state index in [2.05, 4.69) is 33.5 Å². The number of allylic oxidation sites excluding steroid dienone is 5. The van der Waals surface area contributed by atoms with Crippen LogP contribution in [0.15, 0.2) is 48.2 Å². The normalized spacial score (nSPS) is 25.5. The first-order valence-corrected chi connectivity index (χ1v) is 11.2. The van der Waals surface area contributed by atoms with Crippen LogP contribution < -0.4 is 16.4 Å². The van der Waals surface area contributed by atoms with Crippen LogP contribution in [0.5, 0.6) is 0 Å². The van der Waals surface area contributed by atoms with E-state index in [9.17, 15) is 18.0 Å². The van der Waals surface area contributed by atoms with Gasteiger partial charge in [0.15, 0.2) is 5.13 Å². The minimum Gasteiger partial charge on any atom is -0.360 e. The molecule has 2 aliphatic carbocycles. The Morgan fingerprint density at radius 2 is 2.19 bits per heavy atom. The van der Waals surface area contributed by atoms with Crippen molar-refractivity contribution in [1.82, 2.24) is 10.3 Å². The largest absolute Gasteiger partial charge is 0.405 e. The maximum absolute atomic E-state index is 12.8. The van der Waals surface area contributed by atoms with Gasteiger partial charge in [-0.25, -0.2) is 4.98 Å². The molecule has 4 rings (SSSR count). The zero-order valence-corrected chi connectivity index (χ0v) is 18.0. The maximum atomic E-state index is 12.8. The lowest BCUT2D eigenvalue weighted by atomic mass is 9.85. The van der Waals surface area contributed by atoms with Crippen LogP contribution in [0.25, 0.3) is 5.57 Å². The average molecular weight is 461 g/mol. The van der Waals surface area contributed by atoms with Gasteiger partial charge in [-0.1, -0.05) is 53.6 Å². The number of hydrogen-bond acceptors (Lipinski definition) is 5. The van der Waals surface area contributed by atoms with Crippen LogP contribution in [0.4, 0.5) is 18.3 Å². The molecule has 0 bridgehead atoms. The number of alkyl halides is 3. The predicted molar refractivity (Wildman–Crippen MR) is 120 cm³/mol. The minimum atomic E-state index is -4.37. The van der Waals surface area contributed by atoms with Crippen LogP contribution in [-0.4, -0.2) is 35.7 Å². The van der Waals surface area contributed by atoms with E-state index in [4.69, 9.17) is 5.73 Å². The van der Waals surface area contributed by atoms with Crippen molar-refractivity contribution in [2.24, 2.45) is 17.6 Å². The summed E-state index contributed by atoms with van der Waals surface area (Å²) < 4.78 is 38.4. The maximum Gasteiger partial charge on any atom is 0.405 e. The van der Waals surface area contributed by atoms with Crippen molar-refractivity contribution in [1.29, 1.82) is 0 Å². The van der Waals surface area contributed by atoms with Gasteiger partial charge in [0.1, 0.15) is 5.92 Å². The molecule has 1 aromatic rings. The molecule has 2 heterocycles. The molecule has 1 aliphatic heterocycles. The molecule has 168 valence electrons. The standard InChI is InChI=1S/C23H23F3N4OS/c24-23(25,26)17-3-1-2-14(4-7-17)10-18(27)12-28-22-29-13-20(32-22)16-5-8-19-15(11-16)6-9-21(31)30-19/h2,4-5,7-8,11,13,15,17-19H,6,9-10,12,27H2,(H,28,29)(H,30,31)/t15?,17?,18-,19?/m0/s1. The second kappa shape index (κ2) is 9.35. The molecule has 0 spiro atoms. The highest BCUT2D eigenvalue weighted by Crippen LogP contribution is 2.33. The molecule has 0 saturated carbocycles. The number of nitrogens with zero attached hydrogens (tertiary/aromatic N) is 1. The molecular formula is C23H23F3N4OS. The molecule has 3 aliphatic rings. The lowest BCUT2D eigenvalue weighted by molar-refractivity contribution is -0.146. The summed E-state index contributed by atoms with van der Waals surface area (Å²) >= 11 is 1.51. The average Bonchev–Trinajstić information content (AvgIpc) is 3.09. The highest BCUT2D eigenvalue weighted by atomic mass is 32.1. The number of nitrogens with two attached hydrogens (primary N) is 1. The molecular weight excluding hydrogens is 437 g/mol. The molecule has 3 unspecified atom stereocenters. The van der Waals surface area contributed by atoms with Gasteiger partial charge < -0.3 is 16.4 Å². The number of anilines is 1. The lowest BCUT2D eigenvalue weighted by Gasteiger charge is -2.30. The Labute approximate surface area is 188 Å². The van der Waals surface area contributed by atoms with Crippen LogP contribution in [-0.2, 0) is 4.79 Å². The molecule has 1 amide bonds. The summed E-state index contributed by atoms with van der Waals surface area (Å²) in [6, 6.07) is -0.241. The van der Waals surface area contributed by atoms with Gasteiger partial charge in [0.25, 0.3) is 0 Å². The van der Waals surface area contributed by atoms with E-state index in [1.807, 2.05) is 12.2 Å². The molecule has 4 atom stereocenters. The number of fused-ring (bicyclic) bond motifs is 1. The highest BCUT2D eigenvalue weighted by Gasteiger charge is 2.36. The monoisotopic (exact) mass is 460 g/mol. The van der Waals surface area contributed by atoms with Gasteiger partial charge in [-0.15, -0.1) is 0 Å². The number of halogens is 3. The third-order valence-corrected chi connectivity index (χ3v) is 6.53. The van der Waals surface area contributed by atoms with Crippen LogP contribution in [0, 0.1) is 23.7 Å². The second-order valence-electron chi connectivity index (χ2n) is 8.04. The zero-order chi connectivity index (χ0) is 22.7. The smallest absolute Gasteiger partial charge is 0.360 e. The quantitative estimate of drug-likeness (QED) is 0.565. The molecule has 5 nitrogen and oxygen atoms in total. The van der Waals surface area contributed by atoms with Crippen molar-refractivity contribution >= 4 is 27.9 Å². The van der Waals surface area contributed by atoms with Crippen molar-refractivity contribution in [2.75, 3.05) is 11.9 Å². The molecule has 0 radical (unpaired) electrons. The Kier molecular flexibility index (Phi) is 6.53. The lowest BCUT2D eigenvalue weighted by Crippen LogP contribution is -2.43. The molecule has 4 N–H and O–H groups in total. The highest BCUT2D eigenvalue weighted by molar-refractivity contribution is 7.16. The Balaban J connectivity index is 1.30. The van der Waals surface area contributed by atoms with E-state index in [0.717, 1.165) is 28.1 Å². The molecule has 1 saturated heterocycles. The number of amides is 1. The summed E-state index contributed by atoms with van der Waals surface area (Å²) in [6.07, 6.45) is 9.46. The number of nitrogens with one attached hydrogen (secondary N) is 2. The number of thiazole rings is 1. The topological polar surface area (TPSA) is 80.0 Å². The van der Waals surface area contributed by atoms with Crippen molar-refractivity contribution in [3.63, 3.8) is 0 Å². The fraction of sp³-hybridized carbons (Fsp3) is 0.391. The van der Waals surface area contributed by atoms with E-state index in [1.165, 1.54) is 23.5 Å². The SMILES string of the molecule is N[C@H](CNc1ncc(C2=CC3CCC(=O)NC3C=C2)s1)CC1=CC#CC(C(F)(F)F)C=C1. The molecule has 9 heteroatoms. The van der Waals surface area contributed by atoms with E-state index < -0.39 is 12.1 Å². The van der Waals surface area contributed by atoms with E-state index >= 15 is 0 Å². The summed E-state index contributed by atoms with van der Waals surface area (Å²) in [5.41, 5.74) is 7.93. The van der Waals surface area contributed by atoms with Crippen LogP contribution in [0.2, 0.25) is 0 Å². The van der Waals surface area contributed by atoms with Crippen molar-refractivity contribution in [2.45, 2.75) is 37.5 Å². The first kappa shape index (κ1) is 22.4. The van der Waals surface area contributed by atoms with E-state index in [1.54, 1.807) is 6.20 Å². The predicted octanol–water partition coefficient (Wildman–Crippen LogP) is 3.80. The van der Waals surface area contributed by atoms with Crippen LogP contribution in [0.3, 0.4) is 0 Å². The Morgan fingerprint density at radius 1 is 1.34 bits per heavy atom. The van der Waals surface area contributed by atoms with Crippen molar-refractivity contribution in [3.8, 4) is 11.8 Å². The first-order chi connectivity index (χ1) is 15.3. The summed E-state index contributed by atoms with van der Waals surface area (Å²) in [5.74, 6) is 3.32. The summed E-state index contributed by atoms with van der Waals surface area (Å²) in [7, 11) is 0. The number of carbonyl (C=O) groups is 1.